The molecule has 9 nitrogen and oxygen atoms in total. The fraction of sp³-hybridized carbons (Fsp3) is 0.565. The summed E-state index contributed by atoms with van der Waals surface area (Å²) in [5.74, 6) is 0.564. The number of ketones is 1. The molecule has 0 radical (unpaired) electrons. The molecule has 0 unspecified atom stereocenters. The average Bonchev–Trinajstić information content (AvgIpc) is 2.79. The van der Waals surface area contributed by atoms with Crippen LogP contribution in [0, 0.1) is 0 Å². The van der Waals surface area contributed by atoms with Crippen LogP contribution in [0.4, 0.5) is 0 Å². The van der Waals surface area contributed by atoms with E-state index >= 15 is 0 Å². The topological polar surface area (TPSA) is 111 Å². The number of benzene rings is 1. The number of amides is 2. The lowest BCUT2D eigenvalue weighted by Gasteiger charge is -2.43. The fourth-order valence-corrected chi connectivity index (χ4v) is 4.56. The summed E-state index contributed by atoms with van der Waals surface area (Å²) in [4.78, 5) is 50.3. The lowest BCUT2D eigenvalue weighted by Crippen LogP contribution is -2.51. The second-order valence-corrected chi connectivity index (χ2v) is 9.25. The highest BCUT2D eigenvalue weighted by molar-refractivity contribution is 7.98. The van der Waals surface area contributed by atoms with Gasteiger partial charge in [-0.3, -0.25) is 14.4 Å². The molecule has 1 aromatic carbocycles. The van der Waals surface area contributed by atoms with Gasteiger partial charge >= 0.3 is 5.97 Å². The first-order valence-electron chi connectivity index (χ1n) is 10.9. The van der Waals surface area contributed by atoms with Gasteiger partial charge in [0.05, 0.1) is 19.1 Å². The second-order valence-electron chi connectivity index (χ2n) is 8.26. The molecule has 0 aromatic heterocycles. The first-order chi connectivity index (χ1) is 15.8. The summed E-state index contributed by atoms with van der Waals surface area (Å²) in [5, 5.41) is 2.63. The molecule has 2 heterocycles. The monoisotopic (exact) mass is 478 g/mol. The van der Waals surface area contributed by atoms with Crippen molar-refractivity contribution >= 4 is 35.3 Å². The number of nitrogens with zero attached hydrogens (tertiary/aromatic N) is 1. The van der Waals surface area contributed by atoms with E-state index in [1.54, 1.807) is 34.9 Å². The van der Waals surface area contributed by atoms with E-state index in [0.29, 0.717) is 55.2 Å². The number of esters is 1. The maximum atomic E-state index is 12.7. The zero-order valence-electron chi connectivity index (χ0n) is 19.2. The van der Waals surface area contributed by atoms with Gasteiger partial charge in [-0.05, 0) is 30.6 Å². The van der Waals surface area contributed by atoms with Crippen LogP contribution in [0.15, 0.2) is 18.2 Å². The van der Waals surface area contributed by atoms with Gasteiger partial charge in [-0.2, -0.15) is 11.8 Å². The second kappa shape index (κ2) is 10.9. The van der Waals surface area contributed by atoms with E-state index in [2.05, 4.69) is 5.32 Å². The van der Waals surface area contributed by atoms with Crippen LogP contribution in [0.3, 0.4) is 0 Å². The standard InChI is InChI=1S/C23H30N2O7S/c1-15(26)25-9-7-23(8-10-25)13-19(27)17-5-4-16(12-20(17)32-23)31-14-21(28)24-18(6-11-33-3)22(29)30-2/h4-5,12,18H,6-11,13-14H2,1-3H3,(H,24,28)/t18-/m1/s1. The van der Waals surface area contributed by atoms with Gasteiger partial charge in [-0.15, -0.1) is 0 Å². The van der Waals surface area contributed by atoms with E-state index in [0.717, 1.165) is 0 Å². The molecular weight excluding hydrogens is 448 g/mol. The van der Waals surface area contributed by atoms with Crippen LogP contribution in [0.5, 0.6) is 11.5 Å². The number of fused-ring (bicyclic) bond motifs is 1. The van der Waals surface area contributed by atoms with E-state index in [1.165, 1.54) is 14.0 Å². The van der Waals surface area contributed by atoms with Crippen molar-refractivity contribution in [2.24, 2.45) is 0 Å². The summed E-state index contributed by atoms with van der Waals surface area (Å²) in [6.07, 6.45) is 3.81. The predicted octanol–water partition coefficient (Wildman–Crippen LogP) is 1.82. The van der Waals surface area contributed by atoms with E-state index in [9.17, 15) is 19.2 Å². The molecule has 2 aliphatic rings. The highest BCUT2D eigenvalue weighted by Gasteiger charge is 2.43. The number of rotatable bonds is 8. The number of ether oxygens (including phenoxy) is 3. The summed E-state index contributed by atoms with van der Waals surface area (Å²) < 4.78 is 16.6. The lowest BCUT2D eigenvalue weighted by molar-refractivity contribution is -0.145. The van der Waals surface area contributed by atoms with Crippen LogP contribution in [0.25, 0.3) is 0 Å². The van der Waals surface area contributed by atoms with Crippen molar-refractivity contribution in [2.75, 3.05) is 38.8 Å². The van der Waals surface area contributed by atoms with Gasteiger partial charge in [0.25, 0.3) is 5.91 Å². The smallest absolute Gasteiger partial charge is 0.328 e. The van der Waals surface area contributed by atoms with Crippen molar-refractivity contribution in [3.8, 4) is 11.5 Å². The maximum absolute atomic E-state index is 12.7. The Morgan fingerprint density at radius 2 is 2.00 bits per heavy atom. The van der Waals surface area contributed by atoms with Gasteiger partial charge in [0.2, 0.25) is 5.91 Å². The molecule has 1 N–H and O–H groups in total. The van der Waals surface area contributed by atoms with Gasteiger partial charge in [0.1, 0.15) is 23.1 Å². The molecule has 1 fully saturated rings. The number of hydrogen-bond donors (Lipinski definition) is 1. The van der Waals surface area contributed by atoms with Crippen LogP contribution in [0.1, 0.15) is 43.0 Å². The molecule has 33 heavy (non-hydrogen) atoms. The van der Waals surface area contributed by atoms with E-state index < -0.39 is 23.5 Å². The Morgan fingerprint density at radius 3 is 2.64 bits per heavy atom. The number of carbonyl (C=O) groups excluding carboxylic acids is 4. The molecule has 0 bridgehead atoms. The number of Topliss-reactive ketones (excluding diaryl/α,β-unsaturated/α-hetero) is 1. The van der Waals surface area contributed by atoms with Crippen molar-refractivity contribution in [2.45, 2.75) is 44.2 Å². The summed E-state index contributed by atoms with van der Waals surface area (Å²) in [6.45, 7) is 2.34. The molecule has 1 atom stereocenters. The molecule has 2 amide bonds. The molecule has 180 valence electrons. The van der Waals surface area contributed by atoms with Crippen molar-refractivity contribution in [3.63, 3.8) is 0 Å². The number of likely N-dealkylation sites (tertiary alicyclic amines) is 1. The zero-order chi connectivity index (χ0) is 24.0. The Morgan fingerprint density at radius 1 is 1.27 bits per heavy atom. The van der Waals surface area contributed by atoms with Crippen molar-refractivity contribution in [1.29, 1.82) is 0 Å². The molecule has 0 saturated carbocycles. The normalized spacial score (nSPS) is 17.5. The number of piperidine rings is 1. The van der Waals surface area contributed by atoms with Crippen LogP contribution in [0.2, 0.25) is 0 Å². The van der Waals surface area contributed by atoms with Crippen LogP contribution >= 0.6 is 11.8 Å². The molecule has 1 saturated heterocycles. The minimum atomic E-state index is -0.733. The highest BCUT2D eigenvalue weighted by atomic mass is 32.2. The quantitative estimate of drug-likeness (QED) is 0.564. The summed E-state index contributed by atoms with van der Waals surface area (Å²) >= 11 is 1.57. The maximum Gasteiger partial charge on any atom is 0.328 e. The molecule has 0 aliphatic carbocycles. The summed E-state index contributed by atoms with van der Waals surface area (Å²) in [5.41, 5.74) is -0.147. The van der Waals surface area contributed by atoms with Crippen molar-refractivity contribution in [1.82, 2.24) is 10.2 Å². The van der Waals surface area contributed by atoms with Crippen molar-refractivity contribution < 1.29 is 33.4 Å². The van der Waals surface area contributed by atoms with Crippen LogP contribution in [-0.2, 0) is 19.1 Å². The third kappa shape index (κ3) is 6.19. The third-order valence-electron chi connectivity index (χ3n) is 5.98. The number of methoxy groups -OCH3 is 1. The van der Waals surface area contributed by atoms with E-state index in [4.69, 9.17) is 14.2 Å². The van der Waals surface area contributed by atoms with Crippen LogP contribution < -0.4 is 14.8 Å². The molecule has 1 aromatic rings. The zero-order valence-corrected chi connectivity index (χ0v) is 20.0. The van der Waals surface area contributed by atoms with E-state index in [-0.39, 0.29) is 24.7 Å². The molecule has 2 aliphatic heterocycles. The van der Waals surface area contributed by atoms with Gasteiger partial charge < -0.3 is 24.4 Å². The summed E-state index contributed by atoms with van der Waals surface area (Å²) in [7, 11) is 1.28. The Bertz CT molecular complexity index is 912. The Kier molecular flexibility index (Phi) is 8.23. The van der Waals surface area contributed by atoms with Gasteiger partial charge in [0.15, 0.2) is 12.4 Å². The first-order valence-corrected chi connectivity index (χ1v) is 12.3. The Hall–Kier alpha value is -2.75. The minimum absolute atomic E-state index is 0.00784. The number of hydrogen-bond acceptors (Lipinski definition) is 8. The Labute approximate surface area is 197 Å². The fourth-order valence-electron chi connectivity index (χ4n) is 4.08. The van der Waals surface area contributed by atoms with Crippen molar-refractivity contribution in [3.05, 3.63) is 23.8 Å². The van der Waals surface area contributed by atoms with E-state index in [1.807, 2.05) is 6.26 Å². The number of thioether (sulfide) groups is 1. The van der Waals surface area contributed by atoms with Gasteiger partial charge in [-0.25, -0.2) is 4.79 Å². The minimum Gasteiger partial charge on any atom is -0.486 e. The lowest BCUT2D eigenvalue weighted by atomic mass is 9.82. The highest BCUT2D eigenvalue weighted by Crippen LogP contribution is 2.40. The molecule has 3 rings (SSSR count). The number of nitrogens with one attached hydrogen (secondary N) is 1. The van der Waals surface area contributed by atoms with Crippen LogP contribution in [-0.4, -0.2) is 78.9 Å². The number of carbonyl (C=O) groups is 4. The summed E-state index contributed by atoms with van der Waals surface area (Å²) in [6, 6.07) is 4.14. The predicted molar refractivity (Wildman–Crippen MR) is 123 cm³/mol. The third-order valence-corrected chi connectivity index (χ3v) is 6.63. The average molecular weight is 479 g/mol. The molecular formula is C23H30N2O7S. The molecule has 10 heteroatoms. The largest absolute Gasteiger partial charge is 0.486 e. The SMILES string of the molecule is COC(=O)[C@@H](CCSC)NC(=O)COc1ccc2c(c1)OC1(CCN(C(C)=O)CC1)CC2=O. The Balaban J connectivity index is 1.62. The first kappa shape index (κ1) is 24.9. The van der Waals surface area contributed by atoms with Gasteiger partial charge in [0, 0.05) is 38.9 Å². The van der Waals surface area contributed by atoms with Gasteiger partial charge in [-0.1, -0.05) is 0 Å². The molecule has 1 spiro atoms.